The molecule has 1 saturated carbocycles. The van der Waals surface area contributed by atoms with E-state index in [0.717, 1.165) is 60.5 Å². The Kier molecular flexibility index (Phi) is 10.2. The zero-order valence-electron chi connectivity index (χ0n) is 21.8. The van der Waals surface area contributed by atoms with Crippen LogP contribution in [0.25, 0.3) is 10.2 Å². The summed E-state index contributed by atoms with van der Waals surface area (Å²) >= 11 is 1.14. The van der Waals surface area contributed by atoms with Gasteiger partial charge in [0.25, 0.3) is 0 Å². The molecule has 37 heavy (non-hydrogen) atoms. The summed E-state index contributed by atoms with van der Waals surface area (Å²) in [5.74, 6) is 0.763. The molecule has 2 aromatic carbocycles. The number of fused-ring (bicyclic) bond motifs is 1. The van der Waals surface area contributed by atoms with E-state index in [9.17, 15) is 14.7 Å². The van der Waals surface area contributed by atoms with Crippen LogP contribution in [0, 0.1) is 0 Å². The number of benzene rings is 2. The minimum absolute atomic E-state index is 0.107. The van der Waals surface area contributed by atoms with E-state index in [2.05, 4.69) is 51.7 Å². The average molecular weight is 525 g/mol. The Balaban J connectivity index is 1.23. The molecule has 0 radical (unpaired) electrons. The molecule has 0 bridgehead atoms. The fraction of sp³-hybridized carbons (Fsp3) is 0.517. The highest BCUT2D eigenvalue weighted by Crippen LogP contribution is 2.28. The predicted molar refractivity (Wildman–Crippen MR) is 152 cm³/mol. The van der Waals surface area contributed by atoms with Crippen LogP contribution in [-0.2, 0) is 11.2 Å². The lowest BCUT2D eigenvalue weighted by atomic mass is 9.94. The summed E-state index contributed by atoms with van der Waals surface area (Å²) in [6, 6.07) is 14.3. The first-order valence-electron chi connectivity index (χ1n) is 13.6. The second kappa shape index (κ2) is 13.7. The molecule has 0 unspecified atom stereocenters. The van der Waals surface area contributed by atoms with Gasteiger partial charge in [-0.2, -0.15) is 0 Å². The molecule has 0 spiro atoms. The number of carbonyl (C=O) groups excluding carboxylic acids is 1. The molecule has 3 aromatic rings. The van der Waals surface area contributed by atoms with Gasteiger partial charge in [0.05, 0.1) is 4.70 Å². The van der Waals surface area contributed by atoms with Crippen LogP contribution in [0.3, 0.4) is 0 Å². The number of nitrogens with one attached hydrogen (secondary N) is 3. The third-order valence-corrected chi connectivity index (χ3v) is 8.37. The van der Waals surface area contributed by atoms with Crippen molar-refractivity contribution in [2.24, 2.45) is 0 Å². The van der Waals surface area contributed by atoms with Gasteiger partial charge in [-0.1, -0.05) is 73.9 Å². The van der Waals surface area contributed by atoms with Crippen molar-refractivity contribution in [2.75, 3.05) is 32.7 Å². The van der Waals surface area contributed by atoms with Gasteiger partial charge >= 0.3 is 4.87 Å². The first-order valence-corrected chi connectivity index (χ1v) is 14.4. The van der Waals surface area contributed by atoms with Crippen molar-refractivity contribution in [1.82, 2.24) is 20.5 Å². The molecule has 200 valence electrons. The van der Waals surface area contributed by atoms with Gasteiger partial charge in [0.2, 0.25) is 5.91 Å². The van der Waals surface area contributed by atoms with Crippen LogP contribution in [0.2, 0.25) is 0 Å². The zero-order chi connectivity index (χ0) is 26.0. The van der Waals surface area contributed by atoms with Crippen LogP contribution in [0.4, 0.5) is 0 Å². The SMILES string of the molecule is C[C@H](CNCCC(=O)N(CCNCCc1ccc(O)c2[nH]c(=O)sc12)C1CCCCC1)c1ccccc1. The molecule has 1 aliphatic rings. The largest absolute Gasteiger partial charge is 0.506 e. The Morgan fingerprint density at radius 3 is 2.65 bits per heavy atom. The first kappa shape index (κ1) is 27.4. The molecule has 7 nitrogen and oxygen atoms in total. The number of rotatable bonds is 13. The molecule has 4 N–H and O–H groups in total. The van der Waals surface area contributed by atoms with Gasteiger partial charge in [0.1, 0.15) is 11.3 Å². The molecule has 1 fully saturated rings. The van der Waals surface area contributed by atoms with E-state index in [1.165, 1.54) is 24.8 Å². The number of phenolic OH excluding ortho intramolecular Hbond substituents is 1. The van der Waals surface area contributed by atoms with Crippen molar-refractivity contribution in [1.29, 1.82) is 0 Å². The highest BCUT2D eigenvalue weighted by molar-refractivity contribution is 7.16. The van der Waals surface area contributed by atoms with Crippen LogP contribution in [0.15, 0.2) is 47.3 Å². The average Bonchev–Trinajstić information content (AvgIpc) is 3.33. The summed E-state index contributed by atoms with van der Waals surface area (Å²) in [4.78, 5) is 29.6. The molecule has 0 aliphatic heterocycles. The maximum atomic E-state index is 13.2. The molecule has 1 aromatic heterocycles. The maximum absolute atomic E-state index is 13.2. The second-order valence-corrected chi connectivity index (χ2v) is 11.1. The normalized spacial score (nSPS) is 15.2. The number of thiazole rings is 1. The van der Waals surface area contributed by atoms with Gasteiger partial charge in [-0.05, 0) is 48.9 Å². The molecule has 1 heterocycles. The molecule has 8 heteroatoms. The van der Waals surface area contributed by atoms with Crippen LogP contribution >= 0.6 is 11.3 Å². The highest BCUT2D eigenvalue weighted by Gasteiger charge is 2.24. The molecular formula is C29H40N4O3S. The smallest absolute Gasteiger partial charge is 0.305 e. The van der Waals surface area contributed by atoms with Gasteiger partial charge in [0, 0.05) is 38.6 Å². The standard InChI is InChI=1S/C29H40N4O3S/c1-21(22-8-4-2-5-9-22)20-31-17-15-26(35)33(24-10-6-3-7-11-24)19-18-30-16-14-23-12-13-25(34)27-28(23)37-29(36)32-27/h2,4-5,8-9,12-13,21,24,30-31,34H,3,6-7,10-11,14-20H2,1H3,(H,32,36)/t21-/m1/s1. The van der Waals surface area contributed by atoms with E-state index < -0.39 is 0 Å². The van der Waals surface area contributed by atoms with Crippen LogP contribution < -0.4 is 15.5 Å². The van der Waals surface area contributed by atoms with Crippen molar-refractivity contribution in [3.8, 4) is 5.75 Å². The number of carbonyl (C=O) groups is 1. The Labute approximate surface area is 223 Å². The monoisotopic (exact) mass is 524 g/mol. The van der Waals surface area contributed by atoms with Gasteiger partial charge in [-0.3, -0.25) is 9.59 Å². The van der Waals surface area contributed by atoms with Gasteiger partial charge in [0.15, 0.2) is 0 Å². The van der Waals surface area contributed by atoms with E-state index in [1.54, 1.807) is 6.07 Å². The predicted octanol–water partition coefficient (Wildman–Crippen LogP) is 4.37. The van der Waals surface area contributed by atoms with Gasteiger partial charge in [-0.25, -0.2) is 0 Å². The van der Waals surface area contributed by atoms with E-state index in [1.807, 2.05) is 12.1 Å². The number of H-pyrrole nitrogens is 1. The Hall–Kier alpha value is -2.68. The Morgan fingerprint density at radius 2 is 1.86 bits per heavy atom. The summed E-state index contributed by atoms with van der Waals surface area (Å²) in [6.07, 6.45) is 7.14. The topological polar surface area (TPSA) is 97.5 Å². The number of aromatic hydroxyl groups is 1. The van der Waals surface area contributed by atoms with Crippen molar-refractivity contribution in [3.05, 3.63) is 63.3 Å². The second-order valence-electron chi connectivity index (χ2n) is 10.1. The fourth-order valence-electron chi connectivity index (χ4n) is 5.28. The zero-order valence-corrected chi connectivity index (χ0v) is 22.6. The van der Waals surface area contributed by atoms with Crippen LogP contribution in [0.1, 0.15) is 62.5 Å². The summed E-state index contributed by atoms with van der Waals surface area (Å²) < 4.78 is 0.819. The Morgan fingerprint density at radius 1 is 1.08 bits per heavy atom. The van der Waals surface area contributed by atoms with Gasteiger partial charge < -0.3 is 25.6 Å². The molecule has 0 saturated heterocycles. The fourth-order valence-corrected chi connectivity index (χ4v) is 6.18. The van der Waals surface area contributed by atoms with E-state index in [-0.39, 0.29) is 16.5 Å². The summed E-state index contributed by atoms with van der Waals surface area (Å²) in [5.41, 5.74) is 2.88. The number of nitrogens with zero attached hydrogens (tertiary/aromatic N) is 1. The maximum Gasteiger partial charge on any atom is 0.305 e. The van der Waals surface area contributed by atoms with E-state index in [4.69, 9.17) is 0 Å². The van der Waals surface area contributed by atoms with Crippen molar-refractivity contribution >= 4 is 27.5 Å². The third kappa shape index (κ3) is 7.66. The lowest BCUT2D eigenvalue weighted by Crippen LogP contribution is -2.45. The molecule has 1 atom stereocenters. The van der Waals surface area contributed by atoms with Crippen molar-refractivity contribution in [3.63, 3.8) is 0 Å². The van der Waals surface area contributed by atoms with Crippen LogP contribution in [-0.4, -0.2) is 59.7 Å². The lowest BCUT2D eigenvalue weighted by Gasteiger charge is -2.34. The first-order chi connectivity index (χ1) is 18.0. The molecular weight excluding hydrogens is 484 g/mol. The molecule has 4 rings (SSSR count). The number of hydrogen-bond acceptors (Lipinski definition) is 6. The van der Waals surface area contributed by atoms with Gasteiger partial charge in [-0.15, -0.1) is 0 Å². The number of aromatic nitrogens is 1. The minimum Gasteiger partial charge on any atom is -0.506 e. The van der Waals surface area contributed by atoms with E-state index >= 15 is 0 Å². The summed E-state index contributed by atoms with van der Waals surface area (Å²) in [7, 11) is 0. The quantitative estimate of drug-likeness (QED) is 0.249. The molecule has 1 amide bonds. The lowest BCUT2D eigenvalue weighted by molar-refractivity contribution is -0.134. The highest BCUT2D eigenvalue weighted by atomic mass is 32.1. The number of phenols is 1. The number of aromatic amines is 1. The number of amides is 1. The van der Waals surface area contributed by atoms with Crippen molar-refractivity contribution < 1.29 is 9.90 Å². The third-order valence-electron chi connectivity index (χ3n) is 7.41. The van der Waals surface area contributed by atoms with E-state index in [0.29, 0.717) is 37.0 Å². The van der Waals surface area contributed by atoms with Crippen LogP contribution in [0.5, 0.6) is 5.75 Å². The summed E-state index contributed by atoms with van der Waals surface area (Å²) in [5, 5.41) is 17.0. The number of hydrogen-bond donors (Lipinski definition) is 4. The Bertz CT molecular complexity index is 1190. The van der Waals surface area contributed by atoms with Crippen molar-refractivity contribution in [2.45, 2.75) is 63.8 Å². The minimum atomic E-state index is -0.156. The summed E-state index contributed by atoms with van der Waals surface area (Å²) in [6.45, 7) is 5.98. The molecule has 1 aliphatic carbocycles.